The van der Waals surface area contributed by atoms with E-state index in [4.69, 9.17) is 10.2 Å². The molecule has 38 heavy (non-hydrogen) atoms. The number of nitrogens with two attached hydrogens (primary N) is 1. The largest absolute Gasteiger partial charge is 0.461 e. The number of benzene rings is 2. The van der Waals surface area contributed by atoms with Gasteiger partial charge in [-0.25, -0.2) is 4.79 Å². The molecule has 5 rings (SSSR count). The standard InChI is InChI=1S/C26H23N7O4S/c1-31(21-22(27)32(25(36)28-24(21)35)15-17-9-4-2-5-10-17)20(34)16-38-26-30-29-23(19-13-8-14-37-19)33(26)18-11-6-3-7-12-18/h2-14H,15-16,27H2,1H3,(H,28,35,36). The SMILES string of the molecule is CN(C(=O)CSc1nnc(-c2ccco2)n1-c1ccccc1)c1c(N)n(Cc2ccccc2)c(=O)[nH]c1=O. The van der Waals surface area contributed by atoms with Crippen LogP contribution in [0.1, 0.15) is 5.56 Å². The minimum absolute atomic E-state index is 0.0731. The highest BCUT2D eigenvalue weighted by atomic mass is 32.2. The van der Waals surface area contributed by atoms with Crippen LogP contribution in [0.4, 0.5) is 11.5 Å². The molecular weight excluding hydrogens is 506 g/mol. The van der Waals surface area contributed by atoms with Gasteiger partial charge >= 0.3 is 5.69 Å². The van der Waals surface area contributed by atoms with Gasteiger partial charge < -0.3 is 15.1 Å². The lowest BCUT2D eigenvalue weighted by Crippen LogP contribution is -2.40. The fraction of sp³-hybridized carbons (Fsp3) is 0.115. The summed E-state index contributed by atoms with van der Waals surface area (Å²) in [5, 5.41) is 8.99. The molecule has 0 bridgehead atoms. The van der Waals surface area contributed by atoms with Crippen molar-refractivity contribution >= 4 is 29.2 Å². The molecule has 0 fully saturated rings. The molecule has 12 heteroatoms. The molecule has 0 unspecified atom stereocenters. The number of carbonyl (C=O) groups is 1. The Bertz CT molecular complexity index is 1680. The summed E-state index contributed by atoms with van der Waals surface area (Å²) in [5.41, 5.74) is 6.34. The van der Waals surface area contributed by atoms with Crippen LogP contribution in [-0.2, 0) is 11.3 Å². The van der Waals surface area contributed by atoms with Gasteiger partial charge in [-0.15, -0.1) is 10.2 Å². The molecule has 0 aliphatic rings. The molecule has 0 radical (unpaired) electrons. The lowest BCUT2D eigenvalue weighted by atomic mass is 10.2. The van der Waals surface area contributed by atoms with Crippen molar-refractivity contribution in [2.24, 2.45) is 0 Å². The summed E-state index contributed by atoms with van der Waals surface area (Å²) in [6.45, 7) is 0.141. The highest BCUT2D eigenvalue weighted by Crippen LogP contribution is 2.28. The van der Waals surface area contributed by atoms with Crippen LogP contribution in [0.5, 0.6) is 0 Å². The monoisotopic (exact) mass is 529 g/mol. The predicted molar refractivity (Wildman–Crippen MR) is 144 cm³/mol. The highest BCUT2D eigenvalue weighted by Gasteiger charge is 2.23. The van der Waals surface area contributed by atoms with Crippen LogP contribution in [0.3, 0.4) is 0 Å². The molecule has 192 valence electrons. The number of nitrogens with one attached hydrogen (secondary N) is 1. The van der Waals surface area contributed by atoms with Gasteiger partial charge in [-0.05, 0) is 29.8 Å². The number of furan rings is 1. The van der Waals surface area contributed by atoms with Gasteiger partial charge in [0.2, 0.25) is 11.7 Å². The number of hydrogen-bond donors (Lipinski definition) is 2. The van der Waals surface area contributed by atoms with Crippen LogP contribution < -0.4 is 21.9 Å². The van der Waals surface area contributed by atoms with Crippen LogP contribution in [0.25, 0.3) is 17.3 Å². The molecule has 0 saturated heterocycles. The van der Waals surface area contributed by atoms with Gasteiger partial charge in [-0.1, -0.05) is 60.3 Å². The number of H-pyrrole nitrogens is 1. The summed E-state index contributed by atoms with van der Waals surface area (Å²) in [5.74, 6) is 0.418. The summed E-state index contributed by atoms with van der Waals surface area (Å²) < 4.78 is 8.54. The number of carbonyl (C=O) groups excluding carboxylic acids is 1. The van der Waals surface area contributed by atoms with E-state index in [1.165, 1.54) is 11.6 Å². The number of nitrogen functional groups attached to an aromatic ring is 1. The van der Waals surface area contributed by atoms with Crippen LogP contribution >= 0.6 is 11.8 Å². The van der Waals surface area contributed by atoms with Crippen LogP contribution in [-0.4, -0.2) is 43.0 Å². The molecule has 3 heterocycles. The third-order valence-corrected chi connectivity index (χ3v) is 6.73. The zero-order valence-electron chi connectivity index (χ0n) is 20.3. The summed E-state index contributed by atoms with van der Waals surface area (Å²) in [4.78, 5) is 41.8. The lowest BCUT2D eigenvalue weighted by Gasteiger charge is -2.20. The van der Waals surface area contributed by atoms with Gasteiger partial charge in [-0.3, -0.25) is 23.7 Å². The second-order valence-corrected chi connectivity index (χ2v) is 9.20. The molecule has 0 saturated carbocycles. The maximum Gasteiger partial charge on any atom is 0.330 e. The van der Waals surface area contributed by atoms with Crippen molar-refractivity contribution < 1.29 is 9.21 Å². The lowest BCUT2D eigenvalue weighted by molar-refractivity contribution is -0.115. The molecule has 1 amide bonds. The summed E-state index contributed by atoms with van der Waals surface area (Å²) in [6.07, 6.45) is 1.55. The van der Waals surface area contributed by atoms with Crippen molar-refractivity contribution in [1.82, 2.24) is 24.3 Å². The highest BCUT2D eigenvalue weighted by molar-refractivity contribution is 7.99. The quantitative estimate of drug-likeness (QED) is 0.292. The number of thioether (sulfide) groups is 1. The van der Waals surface area contributed by atoms with E-state index in [9.17, 15) is 14.4 Å². The second-order valence-electron chi connectivity index (χ2n) is 8.26. The first-order valence-corrected chi connectivity index (χ1v) is 12.5. The third-order valence-electron chi connectivity index (χ3n) is 5.82. The van der Waals surface area contributed by atoms with Crippen molar-refractivity contribution in [2.75, 3.05) is 23.4 Å². The van der Waals surface area contributed by atoms with Gasteiger partial charge in [0.25, 0.3) is 5.56 Å². The van der Waals surface area contributed by atoms with E-state index in [0.29, 0.717) is 16.7 Å². The van der Waals surface area contributed by atoms with E-state index in [2.05, 4.69) is 15.2 Å². The average molecular weight is 530 g/mol. The molecule has 3 N–H and O–H groups in total. The van der Waals surface area contributed by atoms with Gasteiger partial charge in [0, 0.05) is 12.7 Å². The topological polar surface area (TPSA) is 145 Å². The van der Waals surface area contributed by atoms with Crippen molar-refractivity contribution in [2.45, 2.75) is 11.7 Å². The Balaban J connectivity index is 1.41. The first-order valence-electron chi connectivity index (χ1n) is 11.5. The molecule has 0 aliphatic heterocycles. The first kappa shape index (κ1) is 24.8. The fourth-order valence-corrected chi connectivity index (χ4v) is 4.78. The van der Waals surface area contributed by atoms with Crippen LogP contribution in [0, 0.1) is 0 Å². The van der Waals surface area contributed by atoms with Crippen molar-refractivity contribution in [3.63, 3.8) is 0 Å². The van der Waals surface area contributed by atoms with Crippen LogP contribution in [0.2, 0.25) is 0 Å². The number of nitrogens with zero attached hydrogens (tertiary/aromatic N) is 5. The van der Waals surface area contributed by atoms with E-state index in [0.717, 1.165) is 27.9 Å². The minimum atomic E-state index is -0.745. The Labute approximate surface area is 220 Å². The van der Waals surface area contributed by atoms with Crippen molar-refractivity contribution in [3.8, 4) is 17.3 Å². The Kier molecular flexibility index (Phi) is 6.96. The predicted octanol–water partition coefficient (Wildman–Crippen LogP) is 2.76. The molecule has 3 aromatic heterocycles. The Morgan fingerprint density at radius 3 is 2.42 bits per heavy atom. The maximum absolute atomic E-state index is 13.2. The van der Waals surface area contributed by atoms with Gasteiger partial charge in [0.1, 0.15) is 5.82 Å². The molecule has 0 spiro atoms. The zero-order valence-corrected chi connectivity index (χ0v) is 21.1. The summed E-state index contributed by atoms with van der Waals surface area (Å²) >= 11 is 1.15. The van der Waals surface area contributed by atoms with E-state index >= 15 is 0 Å². The molecule has 5 aromatic rings. The minimum Gasteiger partial charge on any atom is -0.461 e. The van der Waals surface area contributed by atoms with Gasteiger partial charge in [-0.2, -0.15) is 0 Å². The molecule has 2 aromatic carbocycles. The molecule has 0 atom stereocenters. The Morgan fingerprint density at radius 2 is 1.74 bits per heavy atom. The number of amides is 1. The second kappa shape index (κ2) is 10.6. The first-order chi connectivity index (χ1) is 18.4. The Hall–Kier alpha value is -4.84. The van der Waals surface area contributed by atoms with E-state index in [-0.39, 0.29) is 23.8 Å². The van der Waals surface area contributed by atoms with Crippen molar-refractivity contribution in [3.05, 3.63) is 105 Å². The van der Waals surface area contributed by atoms with Gasteiger partial charge in [0.05, 0.1) is 18.6 Å². The number of hydrogen-bond acceptors (Lipinski definition) is 8. The molecule has 11 nitrogen and oxygen atoms in total. The normalized spacial score (nSPS) is 11.0. The van der Waals surface area contributed by atoms with Crippen LogP contribution in [0.15, 0.2) is 98.2 Å². The molecular formula is C26H23N7O4S. The van der Waals surface area contributed by atoms with Gasteiger partial charge in [0.15, 0.2) is 16.6 Å². The Morgan fingerprint density at radius 1 is 1.03 bits per heavy atom. The summed E-state index contributed by atoms with van der Waals surface area (Å²) in [6, 6.07) is 22.2. The van der Waals surface area contributed by atoms with E-state index in [1.807, 2.05) is 60.7 Å². The number of aromatic amines is 1. The third kappa shape index (κ3) is 4.89. The van der Waals surface area contributed by atoms with E-state index < -0.39 is 17.2 Å². The number of rotatable bonds is 8. The van der Waals surface area contributed by atoms with E-state index in [1.54, 1.807) is 23.0 Å². The van der Waals surface area contributed by atoms with Crippen molar-refractivity contribution in [1.29, 1.82) is 0 Å². The number of aromatic nitrogens is 5. The smallest absolute Gasteiger partial charge is 0.330 e. The number of para-hydroxylation sites is 1. The molecule has 0 aliphatic carbocycles. The maximum atomic E-state index is 13.2. The summed E-state index contributed by atoms with van der Waals surface area (Å²) in [7, 11) is 1.44. The fourth-order valence-electron chi connectivity index (χ4n) is 3.91. The number of anilines is 2. The zero-order chi connectivity index (χ0) is 26.6. The average Bonchev–Trinajstić information content (AvgIpc) is 3.61.